The third-order valence-electron chi connectivity index (χ3n) is 4.82. The molecule has 24 heavy (non-hydrogen) atoms. The van der Waals surface area contributed by atoms with Gasteiger partial charge in [0.15, 0.2) is 5.69 Å². The number of rotatable bonds is 1. The van der Waals surface area contributed by atoms with E-state index < -0.39 is 0 Å². The zero-order valence-electron chi connectivity index (χ0n) is 13.6. The first kappa shape index (κ1) is 15.4. The van der Waals surface area contributed by atoms with E-state index in [4.69, 9.17) is 0 Å². The number of benzene rings is 1. The van der Waals surface area contributed by atoms with Gasteiger partial charge in [0.2, 0.25) is 0 Å². The second-order valence-corrected chi connectivity index (χ2v) is 7.33. The Morgan fingerprint density at radius 2 is 1.92 bits per heavy atom. The lowest BCUT2D eigenvalue weighted by molar-refractivity contribution is 0.0653. The standard InChI is InChI=1S/C19H18BrN3O/c1-12-10-22(13(2)17-6-4-3-5-16(12)17)19(24)18-9-15-8-7-14(20)11-23(15)21-18/h3-9,11-13H,10H2,1-2H3/t12-,13+/m1/s1. The first-order valence-electron chi connectivity index (χ1n) is 8.09. The number of carbonyl (C=O) groups is 1. The van der Waals surface area contributed by atoms with Gasteiger partial charge in [-0.3, -0.25) is 4.79 Å². The van der Waals surface area contributed by atoms with E-state index in [-0.39, 0.29) is 11.9 Å². The zero-order valence-corrected chi connectivity index (χ0v) is 15.2. The largest absolute Gasteiger partial charge is 0.330 e. The molecular formula is C19H18BrN3O. The second kappa shape index (κ2) is 5.74. The molecule has 1 amide bonds. The summed E-state index contributed by atoms with van der Waals surface area (Å²) >= 11 is 3.43. The van der Waals surface area contributed by atoms with Crippen LogP contribution in [-0.4, -0.2) is 27.0 Å². The van der Waals surface area contributed by atoms with Gasteiger partial charge in [-0.25, -0.2) is 4.52 Å². The summed E-state index contributed by atoms with van der Waals surface area (Å²) < 4.78 is 2.68. The van der Waals surface area contributed by atoms with Crippen molar-refractivity contribution < 1.29 is 4.79 Å². The van der Waals surface area contributed by atoms with Crippen LogP contribution in [0.25, 0.3) is 5.52 Å². The van der Waals surface area contributed by atoms with Gasteiger partial charge >= 0.3 is 0 Å². The predicted octanol–water partition coefficient (Wildman–Crippen LogP) is 4.42. The smallest absolute Gasteiger partial charge is 0.274 e. The van der Waals surface area contributed by atoms with Gasteiger partial charge in [-0.1, -0.05) is 31.2 Å². The molecule has 0 saturated heterocycles. The van der Waals surface area contributed by atoms with Gasteiger partial charge in [0.25, 0.3) is 5.91 Å². The van der Waals surface area contributed by atoms with Crippen molar-refractivity contribution in [1.29, 1.82) is 0 Å². The Bertz CT molecular complexity index is 933. The summed E-state index contributed by atoms with van der Waals surface area (Å²) in [6.45, 7) is 4.98. The monoisotopic (exact) mass is 383 g/mol. The van der Waals surface area contributed by atoms with Gasteiger partial charge in [-0.2, -0.15) is 5.10 Å². The molecular weight excluding hydrogens is 366 g/mol. The van der Waals surface area contributed by atoms with Crippen molar-refractivity contribution in [2.24, 2.45) is 0 Å². The molecule has 1 aliphatic heterocycles. The van der Waals surface area contributed by atoms with Crippen molar-refractivity contribution in [2.45, 2.75) is 25.8 Å². The molecule has 0 fully saturated rings. The van der Waals surface area contributed by atoms with Crippen molar-refractivity contribution in [3.05, 3.63) is 70.0 Å². The molecule has 4 rings (SSSR count). The Kier molecular flexibility index (Phi) is 3.68. The Morgan fingerprint density at radius 1 is 1.17 bits per heavy atom. The zero-order chi connectivity index (χ0) is 16.8. The van der Waals surface area contributed by atoms with Crippen LogP contribution in [-0.2, 0) is 0 Å². The molecule has 5 heteroatoms. The molecule has 0 N–H and O–H groups in total. The normalized spacial score (nSPS) is 20.2. The quantitative estimate of drug-likeness (QED) is 0.623. The molecule has 1 aliphatic rings. The van der Waals surface area contributed by atoms with E-state index in [1.54, 1.807) is 4.52 Å². The number of halogens is 1. The Labute approximate surface area is 149 Å². The molecule has 0 spiro atoms. The number of aromatic nitrogens is 2. The number of nitrogens with zero attached hydrogens (tertiary/aromatic N) is 3. The Morgan fingerprint density at radius 3 is 2.71 bits per heavy atom. The first-order chi connectivity index (χ1) is 11.5. The SMILES string of the molecule is C[C@@H]1CN(C(=O)c2cc3ccc(Br)cn3n2)[C@@H](C)c2ccccc21. The fourth-order valence-electron chi connectivity index (χ4n) is 3.53. The van der Waals surface area contributed by atoms with Crippen molar-refractivity contribution in [3.63, 3.8) is 0 Å². The highest BCUT2D eigenvalue weighted by atomic mass is 79.9. The van der Waals surface area contributed by atoms with Gasteiger partial charge in [0.1, 0.15) is 0 Å². The number of pyridine rings is 1. The summed E-state index contributed by atoms with van der Waals surface area (Å²) in [5.74, 6) is 0.316. The van der Waals surface area contributed by atoms with Crippen LogP contribution in [0.4, 0.5) is 0 Å². The van der Waals surface area contributed by atoms with Crippen LogP contribution < -0.4 is 0 Å². The van der Waals surface area contributed by atoms with Crippen LogP contribution in [0.1, 0.15) is 47.4 Å². The molecule has 0 radical (unpaired) electrons. The minimum atomic E-state index is -0.0105. The topological polar surface area (TPSA) is 37.6 Å². The number of hydrogen-bond acceptors (Lipinski definition) is 2. The lowest BCUT2D eigenvalue weighted by Gasteiger charge is -2.38. The molecule has 2 aromatic heterocycles. The van der Waals surface area contributed by atoms with Crippen LogP contribution >= 0.6 is 15.9 Å². The van der Waals surface area contributed by atoms with Crippen molar-refractivity contribution in [2.75, 3.05) is 6.54 Å². The molecule has 0 unspecified atom stereocenters. The summed E-state index contributed by atoms with van der Waals surface area (Å²) in [5, 5.41) is 4.46. The van der Waals surface area contributed by atoms with E-state index in [1.165, 1.54) is 11.1 Å². The highest BCUT2D eigenvalue weighted by molar-refractivity contribution is 9.10. The van der Waals surface area contributed by atoms with Gasteiger partial charge in [0.05, 0.1) is 11.6 Å². The summed E-state index contributed by atoms with van der Waals surface area (Å²) in [6.07, 6.45) is 1.86. The number of fused-ring (bicyclic) bond motifs is 2. The fourth-order valence-corrected chi connectivity index (χ4v) is 3.86. The molecule has 0 saturated carbocycles. The molecule has 3 heterocycles. The van der Waals surface area contributed by atoms with Crippen molar-refractivity contribution in [3.8, 4) is 0 Å². The Balaban J connectivity index is 1.71. The second-order valence-electron chi connectivity index (χ2n) is 6.41. The van der Waals surface area contributed by atoms with Gasteiger partial charge in [-0.05, 0) is 58.1 Å². The molecule has 4 nitrogen and oxygen atoms in total. The number of hydrogen-bond donors (Lipinski definition) is 0. The van der Waals surface area contributed by atoms with Crippen LogP contribution in [0.15, 0.2) is 53.1 Å². The molecule has 2 atom stereocenters. The summed E-state index contributed by atoms with van der Waals surface area (Å²) in [6, 6.07) is 14.2. The molecule has 1 aromatic carbocycles. The average Bonchev–Trinajstić information content (AvgIpc) is 3.00. The van der Waals surface area contributed by atoms with Gasteiger partial charge < -0.3 is 4.90 Å². The summed E-state index contributed by atoms with van der Waals surface area (Å²) in [7, 11) is 0. The van der Waals surface area contributed by atoms with Crippen LogP contribution in [0.5, 0.6) is 0 Å². The summed E-state index contributed by atoms with van der Waals surface area (Å²) in [4.78, 5) is 15.0. The summed E-state index contributed by atoms with van der Waals surface area (Å²) in [5.41, 5.74) is 3.98. The third-order valence-corrected chi connectivity index (χ3v) is 5.29. The first-order valence-corrected chi connectivity index (χ1v) is 8.88. The Hall–Kier alpha value is -2.14. The maximum absolute atomic E-state index is 13.1. The van der Waals surface area contributed by atoms with Gasteiger partial charge in [0, 0.05) is 17.2 Å². The molecule has 0 aliphatic carbocycles. The lowest BCUT2D eigenvalue weighted by Crippen LogP contribution is -2.40. The minimum Gasteiger partial charge on any atom is -0.330 e. The van der Waals surface area contributed by atoms with E-state index >= 15 is 0 Å². The molecule has 3 aromatic rings. The van der Waals surface area contributed by atoms with Crippen molar-refractivity contribution in [1.82, 2.24) is 14.5 Å². The number of amides is 1. The van der Waals surface area contributed by atoms with Gasteiger partial charge in [-0.15, -0.1) is 0 Å². The van der Waals surface area contributed by atoms with Crippen LogP contribution in [0.2, 0.25) is 0 Å². The maximum atomic E-state index is 13.1. The van der Waals surface area contributed by atoms with E-state index in [0.29, 0.717) is 18.2 Å². The van der Waals surface area contributed by atoms with Crippen LogP contribution in [0.3, 0.4) is 0 Å². The van der Waals surface area contributed by atoms with E-state index in [9.17, 15) is 4.79 Å². The predicted molar refractivity (Wildman–Crippen MR) is 97.2 cm³/mol. The highest BCUT2D eigenvalue weighted by Crippen LogP contribution is 2.36. The highest BCUT2D eigenvalue weighted by Gasteiger charge is 2.32. The molecule has 0 bridgehead atoms. The lowest BCUT2D eigenvalue weighted by atomic mass is 9.86. The third kappa shape index (κ3) is 2.44. The average molecular weight is 384 g/mol. The van der Waals surface area contributed by atoms with Crippen LogP contribution in [0, 0.1) is 0 Å². The van der Waals surface area contributed by atoms with E-state index in [2.05, 4.69) is 53.1 Å². The number of carbonyl (C=O) groups excluding carboxylic acids is 1. The van der Waals surface area contributed by atoms with E-state index in [1.807, 2.05) is 35.4 Å². The minimum absolute atomic E-state index is 0.0105. The fraction of sp³-hybridized carbons (Fsp3) is 0.263. The maximum Gasteiger partial charge on any atom is 0.274 e. The molecule has 122 valence electrons. The van der Waals surface area contributed by atoms with E-state index in [0.717, 1.165) is 9.99 Å². The van der Waals surface area contributed by atoms with Crippen molar-refractivity contribution >= 4 is 27.4 Å².